The highest BCUT2D eigenvalue weighted by atomic mass is 16.3. The summed E-state index contributed by atoms with van der Waals surface area (Å²) in [5.74, 6) is 0.00880. The Kier molecular flexibility index (Phi) is 5.20. The standard InChI is InChI=1S/C15H25N3O2/c1-17(2)15(20)14-8-7-12(16-14)11-18-9-3-5-13(18)6-4-10-19/h7-8,13,16,19H,3-6,9-11H2,1-2H3. The fourth-order valence-corrected chi connectivity index (χ4v) is 2.87. The molecule has 5 nitrogen and oxygen atoms in total. The monoisotopic (exact) mass is 279 g/mol. The number of nitrogens with zero attached hydrogens (tertiary/aromatic N) is 2. The van der Waals surface area contributed by atoms with Crippen LogP contribution in [0.5, 0.6) is 0 Å². The smallest absolute Gasteiger partial charge is 0.269 e. The molecule has 2 rings (SSSR count). The Morgan fingerprint density at radius 1 is 1.50 bits per heavy atom. The van der Waals surface area contributed by atoms with E-state index in [9.17, 15) is 4.79 Å². The molecule has 1 aromatic rings. The van der Waals surface area contributed by atoms with Crippen molar-refractivity contribution in [3.8, 4) is 0 Å². The third-order valence-corrected chi connectivity index (χ3v) is 3.95. The molecule has 1 aliphatic rings. The molecule has 1 atom stereocenters. The van der Waals surface area contributed by atoms with Crippen LogP contribution in [0.4, 0.5) is 0 Å². The number of carbonyl (C=O) groups excluding carboxylic acids is 1. The molecule has 0 saturated carbocycles. The Hall–Kier alpha value is -1.33. The second kappa shape index (κ2) is 6.90. The lowest BCUT2D eigenvalue weighted by atomic mass is 10.1. The maximum absolute atomic E-state index is 11.9. The van der Waals surface area contributed by atoms with Crippen LogP contribution in [-0.2, 0) is 6.54 Å². The van der Waals surface area contributed by atoms with Gasteiger partial charge in [-0.05, 0) is 44.4 Å². The molecule has 2 N–H and O–H groups in total. The molecule has 1 unspecified atom stereocenters. The number of likely N-dealkylation sites (tertiary alicyclic amines) is 1. The fraction of sp³-hybridized carbons (Fsp3) is 0.667. The number of aliphatic hydroxyl groups excluding tert-OH is 1. The zero-order valence-electron chi connectivity index (χ0n) is 12.4. The van der Waals surface area contributed by atoms with Crippen molar-refractivity contribution in [2.75, 3.05) is 27.2 Å². The van der Waals surface area contributed by atoms with Gasteiger partial charge >= 0.3 is 0 Å². The molecule has 1 amide bonds. The molecule has 1 aromatic heterocycles. The maximum Gasteiger partial charge on any atom is 0.269 e. The summed E-state index contributed by atoms with van der Waals surface area (Å²) in [6.07, 6.45) is 4.36. The van der Waals surface area contributed by atoms with E-state index in [4.69, 9.17) is 5.11 Å². The van der Waals surface area contributed by atoms with E-state index in [-0.39, 0.29) is 12.5 Å². The van der Waals surface area contributed by atoms with Gasteiger partial charge in [-0.1, -0.05) is 0 Å². The number of aliphatic hydroxyl groups is 1. The van der Waals surface area contributed by atoms with Crippen LogP contribution in [0.3, 0.4) is 0 Å². The Balaban J connectivity index is 1.94. The lowest BCUT2D eigenvalue weighted by molar-refractivity contribution is 0.0822. The Bertz CT molecular complexity index is 442. The van der Waals surface area contributed by atoms with E-state index in [1.165, 1.54) is 12.8 Å². The van der Waals surface area contributed by atoms with Gasteiger partial charge in [0.25, 0.3) is 5.91 Å². The largest absolute Gasteiger partial charge is 0.396 e. The van der Waals surface area contributed by atoms with Crippen LogP contribution in [0.25, 0.3) is 0 Å². The quantitative estimate of drug-likeness (QED) is 0.828. The van der Waals surface area contributed by atoms with Gasteiger partial charge in [0.1, 0.15) is 5.69 Å². The zero-order chi connectivity index (χ0) is 14.5. The first-order chi connectivity index (χ1) is 9.61. The molecular formula is C15H25N3O2. The number of carbonyl (C=O) groups is 1. The summed E-state index contributed by atoms with van der Waals surface area (Å²) < 4.78 is 0. The van der Waals surface area contributed by atoms with E-state index in [1.54, 1.807) is 19.0 Å². The van der Waals surface area contributed by atoms with E-state index < -0.39 is 0 Å². The molecule has 0 radical (unpaired) electrons. The van der Waals surface area contributed by atoms with Crippen molar-refractivity contribution in [1.29, 1.82) is 0 Å². The van der Waals surface area contributed by atoms with Crippen molar-refractivity contribution in [3.05, 3.63) is 23.5 Å². The van der Waals surface area contributed by atoms with E-state index >= 15 is 0 Å². The second-order valence-electron chi connectivity index (χ2n) is 5.73. The van der Waals surface area contributed by atoms with Gasteiger partial charge in [-0.15, -0.1) is 0 Å². The zero-order valence-corrected chi connectivity index (χ0v) is 12.4. The van der Waals surface area contributed by atoms with E-state index in [1.807, 2.05) is 12.1 Å². The summed E-state index contributed by atoms with van der Waals surface area (Å²) in [7, 11) is 3.52. The van der Waals surface area contributed by atoms with Crippen molar-refractivity contribution in [1.82, 2.24) is 14.8 Å². The van der Waals surface area contributed by atoms with Crippen molar-refractivity contribution < 1.29 is 9.90 Å². The minimum Gasteiger partial charge on any atom is -0.396 e. The number of H-pyrrole nitrogens is 1. The average Bonchev–Trinajstić information content (AvgIpc) is 3.05. The summed E-state index contributed by atoms with van der Waals surface area (Å²) in [5, 5.41) is 8.95. The van der Waals surface area contributed by atoms with Crippen LogP contribution in [0, 0.1) is 0 Å². The molecular weight excluding hydrogens is 254 g/mol. The van der Waals surface area contributed by atoms with Crippen molar-refractivity contribution >= 4 is 5.91 Å². The van der Waals surface area contributed by atoms with Gasteiger partial charge in [0, 0.05) is 39.0 Å². The number of aromatic amines is 1. The summed E-state index contributed by atoms with van der Waals surface area (Å²) >= 11 is 0. The van der Waals surface area contributed by atoms with Gasteiger partial charge in [0.05, 0.1) is 0 Å². The normalized spacial score (nSPS) is 19.4. The Morgan fingerprint density at radius 2 is 2.30 bits per heavy atom. The lowest BCUT2D eigenvalue weighted by Gasteiger charge is -2.23. The van der Waals surface area contributed by atoms with Crippen LogP contribution in [0.1, 0.15) is 41.9 Å². The molecule has 2 heterocycles. The molecule has 1 aliphatic heterocycles. The third-order valence-electron chi connectivity index (χ3n) is 3.95. The molecule has 5 heteroatoms. The molecule has 0 aromatic carbocycles. The maximum atomic E-state index is 11.9. The number of nitrogens with one attached hydrogen (secondary N) is 1. The Morgan fingerprint density at radius 3 is 3.00 bits per heavy atom. The average molecular weight is 279 g/mol. The highest BCUT2D eigenvalue weighted by Gasteiger charge is 2.24. The summed E-state index contributed by atoms with van der Waals surface area (Å²) in [6.45, 7) is 2.23. The molecule has 20 heavy (non-hydrogen) atoms. The summed E-state index contributed by atoms with van der Waals surface area (Å²) in [6, 6.07) is 4.42. The topological polar surface area (TPSA) is 59.6 Å². The van der Waals surface area contributed by atoms with Crippen molar-refractivity contribution in [2.24, 2.45) is 0 Å². The summed E-state index contributed by atoms with van der Waals surface area (Å²) in [5.41, 5.74) is 1.74. The van der Waals surface area contributed by atoms with Gasteiger partial charge in [-0.25, -0.2) is 0 Å². The minimum atomic E-state index is 0.00880. The minimum absolute atomic E-state index is 0.00880. The van der Waals surface area contributed by atoms with Crippen LogP contribution >= 0.6 is 0 Å². The van der Waals surface area contributed by atoms with Gasteiger partial charge in [0.2, 0.25) is 0 Å². The number of hydrogen-bond donors (Lipinski definition) is 2. The highest BCUT2D eigenvalue weighted by Crippen LogP contribution is 2.23. The molecule has 0 bridgehead atoms. The van der Waals surface area contributed by atoms with Crippen LogP contribution < -0.4 is 0 Å². The summed E-state index contributed by atoms with van der Waals surface area (Å²) in [4.78, 5) is 19.1. The molecule has 112 valence electrons. The molecule has 0 spiro atoms. The molecule has 1 saturated heterocycles. The van der Waals surface area contributed by atoms with Crippen LogP contribution in [0.15, 0.2) is 12.1 Å². The van der Waals surface area contributed by atoms with Gasteiger partial charge in [0.15, 0.2) is 0 Å². The first-order valence-corrected chi connectivity index (χ1v) is 7.36. The first-order valence-electron chi connectivity index (χ1n) is 7.36. The Labute approximate surface area is 120 Å². The molecule has 0 aliphatic carbocycles. The SMILES string of the molecule is CN(C)C(=O)c1ccc(CN2CCCC2CCCO)[nH]1. The van der Waals surface area contributed by atoms with Crippen LogP contribution in [0.2, 0.25) is 0 Å². The fourth-order valence-electron chi connectivity index (χ4n) is 2.87. The molecule has 1 fully saturated rings. The predicted octanol–water partition coefficient (Wildman–Crippen LogP) is 1.45. The number of rotatable bonds is 6. The van der Waals surface area contributed by atoms with E-state index in [2.05, 4.69) is 9.88 Å². The van der Waals surface area contributed by atoms with Gasteiger partial charge in [-0.2, -0.15) is 0 Å². The second-order valence-corrected chi connectivity index (χ2v) is 5.73. The van der Waals surface area contributed by atoms with E-state index in [0.29, 0.717) is 11.7 Å². The van der Waals surface area contributed by atoms with Gasteiger partial charge < -0.3 is 15.0 Å². The highest BCUT2D eigenvalue weighted by molar-refractivity contribution is 5.92. The van der Waals surface area contributed by atoms with Crippen molar-refractivity contribution in [3.63, 3.8) is 0 Å². The van der Waals surface area contributed by atoms with Crippen molar-refractivity contribution in [2.45, 2.75) is 38.3 Å². The number of aromatic nitrogens is 1. The van der Waals surface area contributed by atoms with Crippen LogP contribution in [-0.4, -0.2) is 59.1 Å². The first kappa shape index (κ1) is 15.1. The predicted molar refractivity (Wildman–Crippen MR) is 78.6 cm³/mol. The number of amides is 1. The van der Waals surface area contributed by atoms with E-state index in [0.717, 1.165) is 31.6 Å². The van der Waals surface area contributed by atoms with Gasteiger partial charge in [-0.3, -0.25) is 9.69 Å². The lowest BCUT2D eigenvalue weighted by Crippen LogP contribution is -2.29. The third kappa shape index (κ3) is 3.61. The number of hydrogen-bond acceptors (Lipinski definition) is 3.